The van der Waals surface area contributed by atoms with Crippen LogP contribution in [0.2, 0.25) is 5.02 Å². The smallest absolute Gasteiger partial charge is 0.138 e. The minimum atomic E-state index is 0.147. The highest BCUT2D eigenvalue weighted by atomic mass is 35.5. The molecule has 3 heteroatoms. The van der Waals surface area contributed by atoms with Crippen LogP contribution in [-0.4, -0.2) is 13.7 Å². The van der Waals surface area contributed by atoms with Crippen molar-refractivity contribution >= 4 is 11.6 Å². The van der Waals surface area contributed by atoms with Crippen molar-refractivity contribution in [2.24, 2.45) is 0 Å². The van der Waals surface area contributed by atoms with E-state index in [4.69, 9.17) is 16.3 Å². The van der Waals surface area contributed by atoms with Crippen molar-refractivity contribution in [2.45, 2.75) is 26.3 Å². The maximum Gasteiger partial charge on any atom is 0.138 e. The Labute approximate surface area is 132 Å². The maximum atomic E-state index is 6.20. The molecule has 0 fully saturated rings. The van der Waals surface area contributed by atoms with Crippen LogP contribution in [0.15, 0.2) is 42.5 Å². The molecule has 1 atom stereocenters. The summed E-state index contributed by atoms with van der Waals surface area (Å²) in [5, 5.41) is 3.95. The standard InChI is InChI=1S/C18H22ClNO/c1-4-14-6-8-15(9-7-14)17(20-3)12-21-18-10-5-13(2)11-16(18)19/h5-11,17,20H,4,12H2,1-3H3. The first-order chi connectivity index (χ1) is 10.1. The molecule has 21 heavy (non-hydrogen) atoms. The molecule has 0 aliphatic heterocycles. The Bertz CT molecular complexity index is 580. The van der Waals surface area contributed by atoms with Gasteiger partial charge in [0, 0.05) is 0 Å². The second kappa shape index (κ2) is 7.48. The minimum absolute atomic E-state index is 0.147. The van der Waals surface area contributed by atoms with Gasteiger partial charge in [-0.15, -0.1) is 0 Å². The summed E-state index contributed by atoms with van der Waals surface area (Å²) < 4.78 is 5.86. The Morgan fingerprint density at radius 2 is 1.86 bits per heavy atom. The Hall–Kier alpha value is -1.51. The van der Waals surface area contributed by atoms with Crippen LogP contribution in [0.5, 0.6) is 5.75 Å². The van der Waals surface area contributed by atoms with Gasteiger partial charge in [0.1, 0.15) is 12.4 Å². The Kier molecular flexibility index (Phi) is 5.66. The van der Waals surface area contributed by atoms with E-state index < -0.39 is 0 Å². The predicted octanol–water partition coefficient (Wildman–Crippen LogP) is 4.55. The summed E-state index contributed by atoms with van der Waals surface area (Å²) in [5.74, 6) is 0.729. The molecule has 0 aromatic heterocycles. The first-order valence-corrected chi connectivity index (χ1v) is 7.67. The van der Waals surface area contributed by atoms with Crippen LogP contribution >= 0.6 is 11.6 Å². The number of likely N-dealkylation sites (N-methyl/N-ethyl adjacent to an activating group) is 1. The first-order valence-electron chi connectivity index (χ1n) is 7.29. The Balaban J connectivity index is 2.04. The number of benzene rings is 2. The molecule has 0 radical (unpaired) electrons. The minimum Gasteiger partial charge on any atom is -0.490 e. The third-order valence-corrected chi connectivity index (χ3v) is 3.93. The molecule has 2 aromatic carbocycles. The molecule has 1 unspecified atom stereocenters. The van der Waals surface area contributed by atoms with Gasteiger partial charge < -0.3 is 10.1 Å². The zero-order chi connectivity index (χ0) is 15.2. The van der Waals surface area contributed by atoms with E-state index in [0.717, 1.165) is 17.7 Å². The summed E-state index contributed by atoms with van der Waals surface area (Å²) in [6, 6.07) is 14.6. The lowest BCUT2D eigenvalue weighted by molar-refractivity contribution is 0.273. The van der Waals surface area contributed by atoms with Crippen molar-refractivity contribution in [3.63, 3.8) is 0 Å². The van der Waals surface area contributed by atoms with Gasteiger partial charge in [-0.2, -0.15) is 0 Å². The molecule has 112 valence electrons. The Morgan fingerprint density at radius 1 is 1.14 bits per heavy atom. The summed E-state index contributed by atoms with van der Waals surface area (Å²) in [5.41, 5.74) is 3.70. The highest BCUT2D eigenvalue weighted by Crippen LogP contribution is 2.26. The van der Waals surface area contributed by atoms with E-state index in [9.17, 15) is 0 Å². The third kappa shape index (κ3) is 4.23. The lowest BCUT2D eigenvalue weighted by Crippen LogP contribution is -2.23. The first kappa shape index (κ1) is 15.9. The van der Waals surface area contributed by atoms with Gasteiger partial charge in [0.05, 0.1) is 11.1 Å². The number of hydrogen-bond donors (Lipinski definition) is 1. The monoisotopic (exact) mass is 303 g/mol. The van der Waals surface area contributed by atoms with E-state index in [2.05, 4.69) is 36.5 Å². The van der Waals surface area contributed by atoms with Crippen LogP contribution in [0, 0.1) is 6.92 Å². The summed E-state index contributed by atoms with van der Waals surface area (Å²) in [6.07, 6.45) is 1.06. The van der Waals surface area contributed by atoms with Gasteiger partial charge in [-0.3, -0.25) is 0 Å². The van der Waals surface area contributed by atoms with Crippen molar-refractivity contribution in [1.82, 2.24) is 5.32 Å². The molecular formula is C18H22ClNO. The molecule has 0 amide bonds. The fourth-order valence-corrected chi connectivity index (χ4v) is 2.52. The van der Waals surface area contributed by atoms with Gasteiger partial charge in [0.15, 0.2) is 0 Å². The van der Waals surface area contributed by atoms with Gasteiger partial charge in [-0.05, 0) is 49.2 Å². The van der Waals surface area contributed by atoms with Crippen LogP contribution < -0.4 is 10.1 Å². The molecule has 0 spiro atoms. The van der Waals surface area contributed by atoms with E-state index in [0.29, 0.717) is 11.6 Å². The highest BCUT2D eigenvalue weighted by Gasteiger charge is 2.11. The number of nitrogens with one attached hydrogen (secondary N) is 1. The average molecular weight is 304 g/mol. The van der Waals surface area contributed by atoms with E-state index >= 15 is 0 Å². The molecule has 2 aromatic rings. The predicted molar refractivity (Wildman–Crippen MR) is 89.3 cm³/mol. The number of rotatable bonds is 6. The van der Waals surface area contributed by atoms with Gasteiger partial charge >= 0.3 is 0 Å². The molecule has 1 N–H and O–H groups in total. The van der Waals surface area contributed by atoms with Crippen LogP contribution in [0.25, 0.3) is 0 Å². The van der Waals surface area contributed by atoms with Gasteiger partial charge in [-0.25, -0.2) is 0 Å². The van der Waals surface area contributed by atoms with E-state index in [1.807, 2.05) is 32.2 Å². The average Bonchev–Trinajstić information content (AvgIpc) is 2.50. The Morgan fingerprint density at radius 3 is 2.43 bits per heavy atom. The molecule has 0 heterocycles. The highest BCUT2D eigenvalue weighted by molar-refractivity contribution is 6.32. The summed E-state index contributed by atoms with van der Waals surface area (Å²) >= 11 is 6.20. The van der Waals surface area contributed by atoms with Crippen molar-refractivity contribution < 1.29 is 4.74 Å². The van der Waals surface area contributed by atoms with Crippen LogP contribution in [0.3, 0.4) is 0 Å². The molecule has 0 bridgehead atoms. The zero-order valence-electron chi connectivity index (χ0n) is 12.8. The van der Waals surface area contributed by atoms with Gasteiger partial charge in [0.2, 0.25) is 0 Å². The van der Waals surface area contributed by atoms with Crippen LogP contribution in [0.4, 0.5) is 0 Å². The SMILES string of the molecule is CCc1ccc(C(COc2ccc(C)cc2Cl)NC)cc1. The molecule has 0 saturated heterocycles. The van der Waals surface area contributed by atoms with Crippen molar-refractivity contribution in [3.8, 4) is 5.75 Å². The molecule has 0 saturated carbocycles. The van der Waals surface area contributed by atoms with Gasteiger partial charge in [-0.1, -0.05) is 48.9 Å². The number of ether oxygens (including phenoxy) is 1. The molecule has 2 nitrogen and oxygen atoms in total. The molecular weight excluding hydrogens is 282 g/mol. The summed E-state index contributed by atoms with van der Waals surface area (Å²) in [7, 11) is 1.94. The van der Waals surface area contributed by atoms with Crippen LogP contribution in [-0.2, 0) is 6.42 Å². The van der Waals surface area contributed by atoms with E-state index in [1.54, 1.807) is 0 Å². The fraction of sp³-hybridized carbons (Fsp3) is 0.333. The van der Waals surface area contributed by atoms with Crippen molar-refractivity contribution in [1.29, 1.82) is 0 Å². The van der Waals surface area contributed by atoms with Crippen LogP contribution in [0.1, 0.15) is 29.7 Å². The largest absolute Gasteiger partial charge is 0.490 e. The lowest BCUT2D eigenvalue weighted by Gasteiger charge is -2.18. The maximum absolute atomic E-state index is 6.20. The zero-order valence-corrected chi connectivity index (χ0v) is 13.6. The topological polar surface area (TPSA) is 21.3 Å². The summed E-state index contributed by atoms with van der Waals surface area (Å²) in [6.45, 7) is 4.72. The fourth-order valence-electron chi connectivity index (χ4n) is 2.23. The number of halogens is 1. The quantitative estimate of drug-likeness (QED) is 0.845. The normalized spacial score (nSPS) is 12.2. The second-order valence-corrected chi connectivity index (χ2v) is 5.59. The van der Waals surface area contributed by atoms with E-state index in [1.165, 1.54) is 11.1 Å². The molecule has 0 aliphatic carbocycles. The number of aryl methyl sites for hydroxylation is 2. The second-order valence-electron chi connectivity index (χ2n) is 5.18. The van der Waals surface area contributed by atoms with Crippen molar-refractivity contribution in [2.75, 3.05) is 13.7 Å². The lowest BCUT2D eigenvalue weighted by atomic mass is 10.0. The summed E-state index contributed by atoms with van der Waals surface area (Å²) in [4.78, 5) is 0. The van der Waals surface area contributed by atoms with Crippen molar-refractivity contribution in [3.05, 3.63) is 64.2 Å². The van der Waals surface area contributed by atoms with Gasteiger partial charge in [0.25, 0.3) is 0 Å². The molecule has 0 aliphatic rings. The third-order valence-electron chi connectivity index (χ3n) is 3.63. The number of hydrogen-bond acceptors (Lipinski definition) is 2. The molecule has 2 rings (SSSR count). The van der Waals surface area contributed by atoms with E-state index in [-0.39, 0.29) is 6.04 Å².